The van der Waals surface area contributed by atoms with Crippen molar-refractivity contribution in [3.8, 4) is 11.8 Å². The number of halogens is 4. The Morgan fingerprint density at radius 1 is 1.38 bits per heavy atom. The Morgan fingerprint density at radius 3 is 2.38 bits per heavy atom. The molecule has 1 aromatic carbocycles. The van der Waals surface area contributed by atoms with Gasteiger partial charge in [0.15, 0.2) is 0 Å². The zero-order valence-electron chi connectivity index (χ0n) is 7.82. The monoisotopic (exact) mass is 252 g/mol. The number of rotatable bonds is 1. The van der Waals surface area contributed by atoms with Crippen molar-refractivity contribution in [1.29, 1.82) is 5.26 Å². The first kappa shape index (κ1) is 14.6. The summed E-state index contributed by atoms with van der Waals surface area (Å²) in [6, 6.07) is 2.53. The van der Waals surface area contributed by atoms with E-state index in [1.54, 1.807) is 6.07 Å². The van der Waals surface area contributed by atoms with Gasteiger partial charge in [0.25, 0.3) is 0 Å². The van der Waals surface area contributed by atoms with Crippen molar-refractivity contribution in [2.24, 2.45) is 5.73 Å². The van der Waals surface area contributed by atoms with Crippen molar-refractivity contribution in [2.45, 2.75) is 12.2 Å². The molecule has 16 heavy (non-hydrogen) atoms. The molecule has 3 nitrogen and oxygen atoms in total. The van der Waals surface area contributed by atoms with Gasteiger partial charge >= 0.3 is 6.18 Å². The number of hydrogen-bond donors (Lipinski definition) is 2. The molecule has 88 valence electrons. The summed E-state index contributed by atoms with van der Waals surface area (Å²) >= 11 is 0. The standard InChI is InChI=1S/C9H7F3N2O.ClH/c10-9(11,12)8(14)6-3-5(4-13)1-2-7(6)15;/h1-3,8,15H,14H2;1H/t8-;/m0./s1. The van der Waals surface area contributed by atoms with Crippen molar-refractivity contribution < 1.29 is 18.3 Å². The third-order valence-corrected chi connectivity index (χ3v) is 1.84. The molecule has 0 saturated heterocycles. The van der Waals surface area contributed by atoms with E-state index in [1.165, 1.54) is 6.07 Å². The van der Waals surface area contributed by atoms with Gasteiger partial charge in [0.2, 0.25) is 0 Å². The van der Waals surface area contributed by atoms with Gasteiger partial charge < -0.3 is 10.8 Å². The zero-order valence-corrected chi connectivity index (χ0v) is 8.64. The van der Waals surface area contributed by atoms with Crippen LogP contribution in [0.4, 0.5) is 13.2 Å². The summed E-state index contributed by atoms with van der Waals surface area (Å²) in [5, 5.41) is 17.7. The lowest BCUT2D eigenvalue weighted by Gasteiger charge is -2.16. The van der Waals surface area contributed by atoms with Gasteiger partial charge in [-0.1, -0.05) is 0 Å². The number of phenolic OH excluding ortho intramolecular Hbond substituents is 1. The number of phenols is 1. The summed E-state index contributed by atoms with van der Waals surface area (Å²) in [5.41, 5.74) is 4.42. The highest BCUT2D eigenvalue weighted by molar-refractivity contribution is 5.85. The number of nitrogens with two attached hydrogens (primary N) is 1. The van der Waals surface area contributed by atoms with Crippen LogP contribution < -0.4 is 5.73 Å². The Labute approximate surface area is 95.7 Å². The lowest BCUT2D eigenvalue weighted by molar-refractivity contribution is -0.149. The molecule has 1 aromatic rings. The number of nitrogens with zero attached hydrogens (tertiary/aromatic N) is 1. The van der Waals surface area contributed by atoms with Crippen molar-refractivity contribution >= 4 is 12.4 Å². The van der Waals surface area contributed by atoms with Crippen LogP contribution in [0.25, 0.3) is 0 Å². The minimum Gasteiger partial charge on any atom is -0.508 e. The molecule has 0 aromatic heterocycles. The van der Waals surface area contributed by atoms with E-state index in [1.807, 2.05) is 0 Å². The highest BCUT2D eigenvalue weighted by Crippen LogP contribution is 2.35. The van der Waals surface area contributed by atoms with E-state index in [2.05, 4.69) is 0 Å². The summed E-state index contributed by atoms with van der Waals surface area (Å²) < 4.78 is 36.7. The fourth-order valence-electron chi connectivity index (χ4n) is 1.05. The number of alkyl halides is 3. The van der Waals surface area contributed by atoms with E-state index in [0.717, 1.165) is 12.1 Å². The van der Waals surface area contributed by atoms with E-state index < -0.39 is 23.5 Å². The van der Waals surface area contributed by atoms with Gasteiger partial charge in [-0.25, -0.2) is 0 Å². The van der Waals surface area contributed by atoms with Crippen molar-refractivity contribution in [1.82, 2.24) is 0 Å². The van der Waals surface area contributed by atoms with Gasteiger partial charge in [0, 0.05) is 5.56 Å². The van der Waals surface area contributed by atoms with Crippen LogP contribution in [0.5, 0.6) is 5.75 Å². The molecular formula is C9H8ClF3N2O. The molecular weight excluding hydrogens is 245 g/mol. The number of aromatic hydroxyl groups is 1. The Balaban J connectivity index is 0.00000225. The summed E-state index contributed by atoms with van der Waals surface area (Å²) in [7, 11) is 0. The second kappa shape index (κ2) is 5.05. The lowest BCUT2D eigenvalue weighted by atomic mass is 10.0. The zero-order chi connectivity index (χ0) is 11.6. The molecule has 3 N–H and O–H groups in total. The average molecular weight is 253 g/mol. The van der Waals surface area contributed by atoms with Crippen LogP contribution in [0.1, 0.15) is 17.2 Å². The Hall–Kier alpha value is -1.45. The van der Waals surface area contributed by atoms with E-state index in [-0.39, 0.29) is 18.0 Å². The lowest BCUT2D eigenvalue weighted by Crippen LogP contribution is -2.28. The van der Waals surface area contributed by atoms with Gasteiger partial charge in [-0.15, -0.1) is 12.4 Å². The highest BCUT2D eigenvalue weighted by atomic mass is 35.5. The third-order valence-electron chi connectivity index (χ3n) is 1.84. The largest absolute Gasteiger partial charge is 0.508 e. The molecule has 0 amide bonds. The van der Waals surface area contributed by atoms with Gasteiger partial charge in [0.05, 0.1) is 11.6 Å². The number of hydrogen-bond acceptors (Lipinski definition) is 3. The molecule has 0 aliphatic heterocycles. The van der Waals surface area contributed by atoms with Gasteiger partial charge in [-0.05, 0) is 18.2 Å². The summed E-state index contributed by atoms with van der Waals surface area (Å²) in [5.74, 6) is -0.571. The van der Waals surface area contributed by atoms with Gasteiger partial charge in [0.1, 0.15) is 11.8 Å². The van der Waals surface area contributed by atoms with E-state index in [4.69, 9.17) is 11.0 Å². The Bertz CT molecular complexity index is 414. The molecule has 0 fully saturated rings. The summed E-state index contributed by atoms with van der Waals surface area (Å²) in [6.07, 6.45) is -4.65. The van der Waals surface area contributed by atoms with Gasteiger partial charge in [-0.3, -0.25) is 0 Å². The molecule has 0 bridgehead atoms. The van der Waals surface area contributed by atoms with E-state index in [9.17, 15) is 18.3 Å². The predicted molar refractivity (Wildman–Crippen MR) is 53.1 cm³/mol. The predicted octanol–water partition coefficient (Wildman–Crippen LogP) is 2.25. The van der Waals surface area contributed by atoms with E-state index >= 15 is 0 Å². The maximum Gasteiger partial charge on any atom is 0.407 e. The first-order valence-electron chi connectivity index (χ1n) is 3.91. The first-order chi connectivity index (χ1) is 6.86. The molecule has 0 aliphatic carbocycles. The third kappa shape index (κ3) is 3.02. The fraction of sp³-hybridized carbons (Fsp3) is 0.222. The first-order valence-corrected chi connectivity index (χ1v) is 3.91. The topological polar surface area (TPSA) is 70.0 Å². The second-order valence-electron chi connectivity index (χ2n) is 2.90. The molecule has 0 radical (unpaired) electrons. The van der Waals surface area contributed by atoms with Crippen molar-refractivity contribution in [3.63, 3.8) is 0 Å². The highest BCUT2D eigenvalue weighted by Gasteiger charge is 2.39. The molecule has 0 heterocycles. The quantitative estimate of drug-likeness (QED) is 0.805. The van der Waals surface area contributed by atoms with Crippen molar-refractivity contribution in [3.05, 3.63) is 29.3 Å². The summed E-state index contributed by atoms with van der Waals surface area (Å²) in [6.45, 7) is 0. The molecule has 1 atom stereocenters. The SMILES string of the molecule is Cl.N#Cc1ccc(O)c([C@H](N)C(F)(F)F)c1. The van der Waals surface area contributed by atoms with Crippen LogP contribution in [0.2, 0.25) is 0 Å². The average Bonchev–Trinajstić information content (AvgIpc) is 2.16. The molecule has 0 unspecified atom stereocenters. The van der Waals surface area contributed by atoms with Crippen LogP contribution in [0.15, 0.2) is 18.2 Å². The number of nitriles is 1. The normalized spacial score (nSPS) is 12.4. The fourth-order valence-corrected chi connectivity index (χ4v) is 1.05. The van der Waals surface area contributed by atoms with Gasteiger partial charge in [-0.2, -0.15) is 18.4 Å². The van der Waals surface area contributed by atoms with Crippen LogP contribution >= 0.6 is 12.4 Å². The molecule has 0 aliphatic rings. The van der Waals surface area contributed by atoms with E-state index in [0.29, 0.717) is 0 Å². The van der Waals surface area contributed by atoms with Crippen LogP contribution in [0.3, 0.4) is 0 Å². The molecule has 7 heteroatoms. The maximum absolute atomic E-state index is 12.2. The Morgan fingerprint density at radius 2 is 1.94 bits per heavy atom. The minimum atomic E-state index is -4.65. The molecule has 0 saturated carbocycles. The summed E-state index contributed by atoms with van der Waals surface area (Å²) in [4.78, 5) is 0. The Kier molecular flexibility index (Phi) is 4.60. The maximum atomic E-state index is 12.2. The minimum absolute atomic E-state index is 0. The molecule has 0 spiro atoms. The van der Waals surface area contributed by atoms with Crippen LogP contribution in [-0.2, 0) is 0 Å². The van der Waals surface area contributed by atoms with Crippen LogP contribution in [0, 0.1) is 11.3 Å². The van der Waals surface area contributed by atoms with Crippen molar-refractivity contribution in [2.75, 3.05) is 0 Å². The van der Waals surface area contributed by atoms with Crippen LogP contribution in [-0.4, -0.2) is 11.3 Å². The second-order valence-corrected chi connectivity index (χ2v) is 2.90. The smallest absolute Gasteiger partial charge is 0.407 e. The molecule has 1 rings (SSSR count). The number of benzene rings is 1.